The molecule has 0 aromatic heterocycles. The van der Waals surface area contributed by atoms with Crippen molar-refractivity contribution in [3.8, 4) is 11.5 Å². The molecule has 1 amide bonds. The van der Waals surface area contributed by atoms with Crippen LogP contribution in [0, 0.1) is 17.8 Å². The van der Waals surface area contributed by atoms with Crippen molar-refractivity contribution in [2.24, 2.45) is 17.8 Å². The predicted molar refractivity (Wildman–Crippen MR) is 89.8 cm³/mol. The van der Waals surface area contributed by atoms with Gasteiger partial charge in [-0.05, 0) is 61.6 Å². The summed E-state index contributed by atoms with van der Waals surface area (Å²) in [6.07, 6.45) is 5.80. The van der Waals surface area contributed by atoms with Crippen LogP contribution in [0.2, 0.25) is 0 Å². The fourth-order valence-electron chi connectivity index (χ4n) is 4.49. The molecule has 1 N–H and O–H groups in total. The molecule has 0 unspecified atom stereocenters. The second-order valence-electron chi connectivity index (χ2n) is 7.06. The van der Waals surface area contributed by atoms with Gasteiger partial charge in [-0.2, -0.15) is 0 Å². The monoisotopic (exact) mass is 317 g/mol. The highest BCUT2D eigenvalue weighted by atomic mass is 16.5. The molecule has 0 radical (unpaired) electrons. The number of methoxy groups -OCH3 is 2. The minimum Gasteiger partial charge on any atom is -0.493 e. The van der Waals surface area contributed by atoms with Gasteiger partial charge < -0.3 is 14.8 Å². The average Bonchev–Trinajstić information content (AvgIpc) is 3.17. The highest BCUT2D eigenvalue weighted by Crippen LogP contribution is 2.49. The Kier molecular flexibility index (Phi) is 4.79. The van der Waals surface area contributed by atoms with Gasteiger partial charge in [0.1, 0.15) is 0 Å². The zero-order chi connectivity index (χ0) is 16.4. The summed E-state index contributed by atoms with van der Waals surface area (Å²) in [5.41, 5.74) is 0.945. The lowest BCUT2D eigenvalue weighted by Gasteiger charge is -2.28. The van der Waals surface area contributed by atoms with Gasteiger partial charge in [0, 0.05) is 6.04 Å². The van der Waals surface area contributed by atoms with Gasteiger partial charge >= 0.3 is 0 Å². The minimum atomic E-state index is 0.0903. The van der Waals surface area contributed by atoms with Crippen LogP contribution in [0.3, 0.4) is 0 Å². The molecular formula is C19H27NO3. The molecule has 2 bridgehead atoms. The van der Waals surface area contributed by atoms with Crippen LogP contribution in [0.1, 0.15) is 38.2 Å². The molecule has 126 valence electrons. The summed E-state index contributed by atoms with van der Waals surface area (Å²) in [5, 5.41) is 3.21. The summed E-state index contributed by atoms with van der Waals surface area (Å²) < 4.78 is 10.5. The Morgan fingerprint density at radius 1 is 1.22 bits per heavy atom. The Balaban J connectivity index is 1.57. The Morgan fingerprint density at radius 3 is 2.61 bits per heavy atom. The van der Waals surface area contributed by atoms with E-state index in [0.717, 1.165) is 17.4 Å². The summed E-state index contributed by atoms with van der Waals surface area (Å²) in [7, 11) is 3.22. The molecule has 0 spiro atoms. The number of nitrogens with one attached hydrogen (secondary N) is 1. The third-order valence-corrected chi connectivity index (χ3v) is 5.64. The van der Waals surface area contributed by atoms with Crippen LogP contribution in [-0.4, -0.2) is 26.2 Å². The molecule has 4 atom stereocenters. The van der Waals surface area contributed by atoms with Gasteiger partial charge in [0.25, 0.3) is 0 Å². The average molecular weight is 317 g/mol. The smallest absolute Gasteiger partial charge is 0.224 e. The van der Waals surface area contributed by atoms with Crippen LogP contribution in [-0.2, 0) is 11.2 Å². The first-order valence-corrected chi connectivity index (χ1v) is 8.61. The molecule has 0 saturated heterocycles. The molecule has 3 rings (SSSR count). The zero-order valence-electron chi connectivity index (χ0n) is 14.3. The molecule has 0 aliphatic heterocycles. The second kappa shape index (κ2) is 6.81. The Bertz CT molecular complexity index is 572. The van der Waals surface area contributed by atoms with Crippen molar-refractivity contribution in [1.29, 1.82) is 0 Å². The first-order chi connectivity index (χ1) is 11.1. The van der Waals surface area contributed by atoms with Crippen molar-refractivity contribution in [1.82, 2.24) is 5.32 Å². The van der Waals surface area contributed by atoms with Gasteiger partial charge in [-0.3, -0.25) is 4.79 Å². The molecule has 4 heteroatoms. The number of fused-ring (bicyclic) bond motifs is 2. The van der Waals surface area contributed by atoms with Crippen molar-refractivity contribution in [2.75, 3.05) is 14.2 Å². The van der Waals surface area contributed by atoms with Gasteiger partial charge in [-0.15, -0.1) is 0 Å². The number of rotatable bonds is 6. The van der Waals surface area contributed by atoms with Gasteiger partial charge in [0.15, 0.2) is 11.5 Å². The summed E-state index contributed by atoms with van der Waals surface area (Å²) in [4.78, 5) is 12.4. The van der Waals surface area contributed by atoms with Crippen molar-refractivity contribution < 1.29 is 14.3 Å². The fourth-order valence-corrected chi connectivity index (χ4v) is 4.49. The lowest BCUT2D eigenvalue weighted by atomic mass is 9.84. The van der Waals surface area contributed by atoms with E-state index in [1.54, 1.807) is 14.2 Å². The first-order valence-electron chi connectivity index (χ1n) is 8.61. The van der Waals surface area contributed by atoms with Crippen molar-refractivity contribution in [3.05, 3.63) is 23.8 Å². The van der Waals surface area contributed by atoms with Gasteiger partial charge in [0.2, 0.25) is 5.91 Å². The number of hydrogen-bond donors (Lipinski definition) is 1. The van der Waals surface area contributed by atoms with E-state index in [1.807, 2.05) is 18.2 Å². The number of carbonyl (C=O) groups excluding carboxylic acids is 1. The Labute approximate surface area is 138 Å². The first kappa shape index (κ1) is 16.2. The summed E-state index contributed by atoms with van der Waals surface area (Å²) >= 11 is 0. The second-order valence-corrected chi connectivity index (χ2v) is 7.06. The van der Waals surface area contributed by atoms with Gasteiger partial charge in [-0.1, -0.05) is 12.5 Å². The van der Waals surface area contributed by atoms with E-state index in [1.165, 1.54) is 25.7 Å². The number of amides is 1. The summed E-state index contributed by atoms with van der Waals surface area (Å²) in [6, 6.07) is 5.92. The fraction of sp³-hybridized carbons (Fsp3) is 0.632. The van der Waals surface area contributed by atoms with Crippen LogP contribution < -0.4 is 14.8 Å². The van der Waals surface area contributed by atoms with Crippen LogP contribution in [0.15, 0.2) is 18.2 Å². The molecule has 23 heavy (non-hydrogen) atoms. The lowest BCUT2D eigenvalue weighted by molar-refractivity contribution is -0.121. The number of hydrogen-bond acceptors (Lipinski definition) is 3. The topological polar surface area (TPSA) is 47.6 Å². The van der Waals surface area contributed by atoms with Crippen LogP contribution in [0.5, 0.6) is 11.5 Å². The molecule has 1 aromatic rings. The third kappa shape index (κ3) is 3.46. The predicted octanol–water partition coefficient (Wildman–Crippen LogP) is 3.19. The van der Waals surface area contributed by atoms with E-state index in [-0.39, 0.29) is 11.9 Å². The molecule has 4 nitrogen and oxygen atoms in total. The number of ether oxygens (including phenoxy) is 2. The maximum atomic E-state index is 12.4. The standard InChI is InChI=1S/C19H27NO3/c1-12(16-9-13-4-6-15(16)8-13)20-19(21)11-14-5-7-17(22-2)18(10-14)23-3/h5,7,10,12-13,15-16H,4,6,8-9,11H2,1-3H3,(H,20,21)/t12-,13+,15+,16-/m1/s1. The largest absolute Gasteiger partial charge is 0.493 e. The number of carbonyl (C=O) groups is 1. The maximum absolute atomic E-state index is 12.4. The van der Waals surface area contributed by atoms with Crippen LogP contribution >= 0.6 is 0 Å². The number of benzene rings is 1. The molecule has 2 saturated carbocycles. The van der Waals surface area contributed by atoms with Crippen LogP contribution in [0.4, 0.5) is 0 Å². The zero-order valence-corrected chi connectivity index (χ0v) is 14.3. The molecule has 2 aliphatic carbocycles. The molecule has 2 aliphatic rings. The van der Waals surface area contributed by atoms with E-state index in [2.05, 4.69) is 12.2 Å². The van der Waals surface area contributed by atoms with E-state index < -0.39 is 0 Å². The van der Waals surface area contributed by atoms with Crippen LogP contribution in [0.25, 0.3) is 0 Å². The molecule has 1 aromatic carbocycles. The Hall–Kier alpha value is -1.71. The highest BCUT2D eigenvalue weighted by Gasteiger charge is 2.42. The van der Waals surface area contributed by atoms with E-state index in [9.17, 15) is 4.79 Å². The normalized spacial score (nSPS) is 26.8. The summed E-state index contributed by atoms with van der Waals surface area (Å²) in [5.74, 6) is 3.85. The van der Waals surface area contributed by atoms with Gasteiger partial charge in [0.05, 0.1) is 20.6 Å². The quantitative estimate of drug-likeness (QED) is 0.876. The van der Waals surface area contributed by atoms with Crippen molar-refractivity contribution in [2.45, 2.75) is 45.1 Å². The van der Waals surface area contributed by atoms with Crippen molar-refractivity contribution >= 4 is 5.91 Å². The Morgan fingerprint density at radius 2 is 2.00 bits per heavy atom. The van der Waals surface area contributed by atoms with E-state index in [4.69, 9.17) is 9.47 Å². The lowest BCUT2D eigenvalue weighted by Crippen LogP contribution is -2.40. The third-order valence-electron chi connectivity index (χ3n) is 5.64. The van der Waals surface area contributed by atoms with E-state index in [0.29, 0.717) is 23.8 Å². The maximum Gasteiger partial charge on any atom is 0.224 e. The van der Waals surface area contributed by atoms with E-state index >= 15 is 0 Å². The minimum absolute atomic E-state index is 0.0903. The van der Waals surface area contributed by atoms with Crippen molar-refractivity contribution in [3.63, 3.8) is 0 Å². The molecule has 2 fully saturated rings. The highest BCUT2D eigenvalue weighted by molar-refractivity contribution is 5.79. The molecular weight excluding hydrogens is 290 g/mol. The SMILES string of the molecule is COc1ccc(CC(=O)N[C@H](C)[C@H]2C[C@H]3CC[C@H]2C3)cc1OC. The summed E-state index contributed by atoms with van der Waals surface area (Å²) in [6.45, 7) is 2.16. The molecule has 0 heterocycles. The van der Waals surface area contributed by atoms with Gasteiger partial charge in [-0.25, -0.2) is 0 Å².